The zero-order chi connectivity index (χ0) is 15.2. The van der Waals surface area contributed by atoms with E-state index >= 15 is 0 Å². The molecule has 21 heavy (non-hydrogen) atoms. The van der Waals surface area contributed by atoms with Crippen LogP contribution in [0.4, 0.5) is 5.69 Å². The SMILES string of the molecule is CC[C@@H](N)c1ccc(N(C)Cc2ccc(OC)cc2)cn1. The molecule has 1 aromatic heterocycles. The average Bonchev–Trinajstić information content (AvgIpc) is 2.55. The molecule has 112 valence electrons. The Kier molecular flexibility index (Phi) is 5.17. The number of nitrogens with zero attached hydrogens (tertiary/aromatic N) is 2. The minimum absolute atomic E-state index is 0.0194. The van der Waals surface area contributed by atoms with Gasteiger partial charge in [0.15, 0.2) is 0 Å². The van der Waals surface area contributed by atoms with Crippen LogP contribution in [0.15, 0.2) is 42.6 Å². The van der Waals surface area contributed by atoms with Crippen LogP contribution in [0.25, 0.3) is 0 Å². The van der Waals surface area contributed by atoms with Crippen LogP contribution in [-0.2, 0) is 6.54 Å². The second-order valence-corrected chi connectivity index (χ2v) is 5.16. The lowest BCUT2D eigenvalue weighted by Gasteiger charge is -2.20. The maximum absolute atomic E-state index is 5.98. The summed E-state index contributed by atoms with van der Waals surface area (Å²) in [5.41, 5.74) is 9.24. The molecule has 0 spiro atoms. The molecule has 4 nitrogen and oxygen atoms in total. The van der Waals surface area contributed by atoms with Crippen LogP contribution in [0, 0.1) is 0 Å². The Morgan fingerprint density at radius 2 is 1.90 bits per heavy atom. The summed E-state index contributed by atoms with van der Waals surface area (Å²) < 4.78 is 5.17. The first-order valence-electron chi connectivity index (χ1n) is 7.19. The zero-order valence-corrected chi connectivity index (χ0v) is 12.9. The number of rotatable bonds is 6. The molecule has 0 aliphatic heterocycles. The van der Waals surface area contributed by atoms with Crippen molar-refractivity contribution in [1.82, 2.24) is 4.98 Å². The molecular weight excluding hydrogens is 262 g/mol. The molecule has 0 aliphatic rings. The molecule has 0 bridgehead atoms. The lowest BCUT2D eigenvalue weighted by molar-refractivity contribution is 0.414. The molecule has 0 aliphatic carbocycles. The number of methoxy groups -OCH3 is 1. The fourth-order valence-electron chi connectivity index (χ4n) is 2.15. The van der Waals surface area contributed by atoms with Crippen LogP contribution in [0.2, 0.25) is 0 Å². The first kappa shape index (κ1) is 15.3. The Balaban J connectivity index is 2.03. The number of hydrogen-bond acceptors (Lipinski definition) is 4. The highest BCUT2D eigenvalue weighted by molar-refractivity contribution is 5.45. The van der Waals surface area contributed by atoms with Gasteiger partial charge in [-0.3, -0.25) is 4.98 Å². The Bertz CT molecular complexity index is 551. The van der Waals surface area contributed by atoms with Crippen molar-refractivity contribution in [3.8, 4) is 5.75 Å². The summed E-state index contributed by atoms with van der Waals surface area (Å²) >= 11 is 0. The summed E-state index contributed by atoms with van der Waals surface area (Å²) in [7, 11) is 3.73. The molecular formula is C17H23N3O. The second-order valence-electron chi connectivity index (χ2n) is 5.16. The largest absolute Gasteiger partial charge is 0.497 e. The summed E-state index contributed by atoms with van der Waals surface area (Å²) in [6, 6.07) is 12.2. The molecule has 0 radical (unpaired) electrons. The summed E-state index contributed by atoms with van der Waals surface area (Å²) in [6.07, 6.45) is 2.78. The summed E-state index contributed by atoms with van der Waals surface area (Å²) in [4.78, 5) is 6.62. The van der Waals surface area contributed by atoms with Gasteiger partial charge in [-0.05, 0) is 36.2 Å². The summed E-state index contributed by atoms with van der Waals surface area (Å²) in [5.74, 6) is 0.876. The zero-order valence-electron chi connectivity index (χ0n) is 12.9. The van der Waals surface area contributed by atoms with Crippen LogP contribution in [0.5, 0.6) is 5.75 Å². The van der Waals surface area contributed by atoms with Crippen LogP contribution < -0.4 is 15.4 Å². The standard InChI is InChI=1S/C17H23N3O/c1-4-16(18)17-10-7-14(11-19-17)20(2)12-13-5-8-15(21-3)9-6-13/h5-11,16H,4,12,18H2,1-3H3/t16-/m1/s1. The smallest absolute Gasteiger partial charge is 0.118 e. The number of aromatic nitrogens is 1. The van der Waals surface area contributed by atoms with E-state index in [0.717, 1.165) is 30.1 Å². The normalized spacial score (nSPS) is 12.0. The van der Waals surface area contributed by atoms with Gasteiger partial charge < -0.3 is 15.4 Å². The van der Waals surface area contributed by atoms with E-state index in [1.54, 1.807) is 7.11 Å². The maximum atomic E-state index is 5.98. The fourth-order valence-corrected chi connectivity index (χ4v) is 2.15. The third kappa shape index (κ3) is 3.95. The number of pyridine rings is 1. The van der Waals surface area contributed by atoms with Gasteiger partial charge in [0.25, 0.3) is 0 Å². The monoisotopic (exact) mass is 285 g/mol. The molecule has 0 saturated carbocycles. The minimum atomic E-state index is 0.0194. The van der Waals surface area contributed by atoms with Crippen molar-refractivity contribution in [2.45, 2.75) is 25.9 Å². The van der Waals surface area contributed by atoms with Crippen molar-refractivity contribution in [2.24, 2.45) is 5.73 Å². The summed E-state index contributed by atoms with van der Waals surface area (Å²) in [6.45, 7) is 2.89. The Morgan fingerprint density at radius 3 is 2.43 bits per heavy atom. The van der Waals surface area contributed by atoms with E-state index < -0.39 is 0 Å². The maximum Gasteiger partial charge on any atom is 0.118 e. The van der Waals surface area contributed by atoms with Gasteiger partial charge in [-0.2, -0.15) is 0 Å². The van der Waals surface area contributed by atoms with E-state index in [1.807, 2.05) is 24.4 Å². The van der Waals surface area contributed by atoms with E-state index in [4.69, 9.17) is 10.5 Å². The average molecular weight is 285 g/mol. The van der Waals surface area contributed by atoms with Gasteiger partial charge in [-0.1, -0.05) is 19.1 Å². The van der Waals surface area contributed by atoms with Gasteiger partial charge in [-0.25, -0.2) is 0 Å². The molecule has 1 heterocycles. The topological polar surface area (TPSA) is 51.4 Å². The van der Waals surface area contributed by atoms with E-state index in [9.17, 15) is 0 Å². The molecule has 1 aromatic carbocycles. The third-order valence-corrected chi connectivity index (χ3v) is 3.61. The van der Waals surface area contributed by atoms with E-state index in [2.05, 4.69) is 42.1 Å². The molecule has 0 saturated heterocycles. The van der Waals surface area contributed by atoms with E-state index in [0.29, 0.717) is 0 Å². The fraction of sp³-hybridized carbons (Fsp3) is 0.353. The van der Waals surface area contributed by atoms with Crippen LogP contribution in [-0.4, -0.2) is 19.1 Å². The molecule has 1 atom stereocenters. The van der Waals surface area contributed by atoms with Gasteiger partial charge in [0, 0.05) is 19.6 Å². The Morgan fingerprint density at radius 1 is 1.19 bits per heavy atom. The van der Waals surface area contributed by atoms with Crippen molar-refractivity contribution in [1.29, 1.82) is 0 Å². The van der Waals surface area contributed by atoms with Crippen molar-refractivity contribution in [3.05, 3.63) is 53.9 Å². The minimum Gasteiger partial charge on any atom is -0.497 e. The predicted octanol–water partition coefficient (Wildman–Crippen LogP) is 3.14. The molecule has 0 fully saturated rings. The number of benzene rings is 1. The van der Waals surface area contributed by atoms with E-state index in [1.165, 1.54) is 5.56 Å². The predicted molar refractivity (Wildman–Crippen MR) is 86.6 cm³/mol. The van der Waals surface area contributed by atoms with E-state index in [-0.39, 0.29) is 6.04 Å². The van der Waals surface area contributed by atoms with Gasteiger partial charge in [0.05, 0.1) is 24.7 Å². The van der Waals surface area contributed by atoms with Crippen molar-refractivity contribution in [2.75, 3.05) is 19.1 Å². The van der Waals surface area contributed by atoms with Crippen molar-refractivity contribution < 1.29 is 4.74 Å². The highest BCUT2D eigenvalue weighted by Gasteiger charge is 2.07. The lowest BCUT2D eigenvalue weighted by Crippen LogP contribution is -2.17. The van der Waals surface area contributed by atoms with Gasteiger partial charge >= 0.3 is 0 Å². The third-order valence-electron chi connectivity index (χ3n) is 3.61. The second kappa shape index (κ2) is 7.09. The first-order valence-corrected chi connectivity index (χ1v) is 7.19. The number of hydrogen-bond donors (Lipinski definition) is 1. The molecule has 2 aromatic rings. The van der Waals surface area contributed by atoms with Crippen LogP contribution in [0.1, 0.15) is 30.6 Å². The number of ether oxygens (including phenoxy) is 1. The van der Waals surface area contributed by atoms with Gasteiger partial charge in [0.1, 0.15) is 5.75 Å². The van der Waals surface area contributed by atoms with Gasteiger partial charge in [-0.15, -0.1) is 0 Å². The molecule has 2 rings (SSSR count). The highest BCUT2D eigenvalue weighted by Crippen LogP contribution is 2.19. The first-order chi connectivity index (χ1) is 10.1. The molecule has 0 amide bonds. The van der Waals surface area contributed by atoms with Crippen molar-refractivity contribution in [3.63, 3.8) is 0 Å². The quantitative estimate of drug-likeness (QED) is 0.886. The Hall–Kier alpha value is -2.07. The number of anilines is 1. The molecule has 0 unspecified atom stereocenters. The summed E-state index contributed by atoms with van der Waals surface area (Å²) in [5, 5.41) is 0. The Labute approximate surface area is 126 Å². The van der Waals surface area contributed by atoms with Gasteiger partial charge in [0.2, 0.25) is 0 Å². The molecule has 4 heteroatoms. The molecule has 2 N–H and O–H groups in total. The van der Waals surface area contributed by atoms with Crippen LogP contribution in [0.3, 0.4) is 0 Å². The lowest BCUT2D eigenvalue weighted by atomic mass is 10.1. The highest BCUT2D eigenvalue weighted by atomic mass is 16.5. The number of nitrogens with two attached hydrogens (primary N) is 1. The van der Waals surface area contributed by atoms with Crippen molar-refractivity contribution >= 4 is 5.69 Å². The van der Waals surface area contributed by atoms with Crippen LogP contribution >= 0.6 is 0 Å².